The maximum Gasteiger partial charge on any atom is 0.405 e. The van der Waals surface area contributed by atoms with Gasteiger partial charge < -0.3 is 10.6 Å². The van der Waals surface area contributed by atoms with Crippen LogP contribution in [0, 0.1) is 0 Å². The number of aryl methyl sites for hydroxylation is 1. The second-order valence-corrected chi connectivity index (χ2v) is 7.50. The molecule has 3 rings (SSSR count). The van der Waals surface area contributed by atoms with Gasteiger partial charge in [-0.05, 0) is 23.3 Å². The molecule has 2 atom stereocenters. The van der Waals surface area contributed by atoms with Crippen LogP contribution in [0.1, 0.15) is 16.4 Å². The molecular weight excluding hydrogens is 351 g/mol. The minimum atomic E-state index is -4.36. The van der Waals surface area contributed by atoms with E-state index in [1.165, 1.54) is 16.7 Å². The van der Waals surface area contributed by atoms with E-state index in [2.05, 4.69) is 10.6 Å². The number of carbonyl (C=O) groups is 1. The Morgan fingerprint density at radius 1 is 1.32 bits per heavy atom. The highest BCUT2D eigenvalue weighted by Crippen LogP contribution is 2.36. The quantitative estimate of drug-likeness (QED) is 0.847. The molecule has 0 radical (unpaired) electrons. The van der Waals surface area contributed by atoms with Crippen LogP contribution in [-0.4, -0.2) is 61.5 Å². The predicted octanol–water partition coefficient (Wildman–Crippen LogP) is 1.97. The lowest BCUT2D eigenvalue weighted by atomic mass is 10.0. The van der Waals surface area contributed by atoms with Gasteiger partial charge in [-0.15, -0.1) is 11.8 Å². The van der Waals surface area contributed by atoms with E-state index >= 15 is 0 Å². The van der Waals surface area contributed by atoms with E-state index in [0.29, 0.717) is 26.2 Å². The zero-order chi connectivity index (χ0) is 17.9. The van der Waals surface area contributed by atoms with Crippen LogP contribution in [0.5, 0.6) is 0 Å². The van der Waals surface area contributed by atoms with Gasteiger partial charge in [0.25, 0.3) is 0 Å². The Morgan fingerprint density at radius 2 is 2.04 bits per heavy atom. The monoisotopic (exact) mass is 373 g/mol. The predicted molar refractivity (Wildman–Crippen MR) is 92.6 cm³/mol. The third-order valence-corrected chi connectivity index (χ3v) is 5.91. The summed E-state index contributed by atoms with van der Waals surface area (Å²) in [4.78, 5) is 13.9. The lowest BCUT2D eigenvalue weighted by molar-refractivity contribution is -0.184. The number of benzene rings is 1. The number of piperazine rings is 1. The first-order valence-electron chi connectivity index (χ1n) is 8.45. The van der Waals surface area contributed by atoms with Crippen LogP contribution in [0.25, 0.3) is 0 Å². The molecule has 0 aromatic heterocycles. The Balaban J connectivity index is 1.66. The van der Waals surface area contributed by atoms with Gasteiger partial charge in [-0.1, -0.05) is 24.3 Å². The maximum absolute atomic E-state index is 13.4. The van der Waals surface area contributed by atoms with E-state index in [-0.39, 0.29) is 5.91 Å². The fourth-order valence-electron chi connectivity index (χ4n) is 3.35. The average Bonchev–Trinajstić information content (AvgIpc) is 2.61. The number of hydrogen-bond donors (Lipinski definition) is 2. The SMILES string of the molecule is O=C(NCC(N1CCNCC1)C(F)(F)F)C1SCCc2ccccc21. The van der Waals surface area contributed by atoms with E-state index in [1.54, 1.807) is 0 Å². The van der Waals surface area contributed by atoms with Crippen molar-refractivity contribution in [1.82, 2.24) is 15.5 Å². The largest absolute Gasteiger partial charge is 0.405 e. The van der Waals surface area contributed by atoms with Crippen molar-refractivity contribution in [3.8, 4) is 0 Å². The van der Waals surface area contributed by atoms with Gasteiger partial charge in [0.15, 0.2) is 0 Å². The van der Waals surface area contributed by atoms with Gasteiger partial charge in [0.2, 0.25) is 5.91 Å². The van der Waals surface area contributed by atoms with Gasteiger partial charge in [0, 0.05) is 32.7 Å². The Hall–Kier alpha value is -1.25. The van der Waals surface area contributed by atoms with Crippen LogP contribution in [0.15, 0.2) is 24.3 Å². The Morgan fingerprint density at radius 3 is 2.76 bits per heavy atom. The first kappa shape index (κ1) is 18.5. The highest BCUT2D eigenvalue weighted by molar-refractivity contribution is 8.00. The zero-order valence-electron chi connectivity index (χ0n) is 13.8. The first-order valence-corrected chi connectivity index (χ1v) is 9.50. The summed E-state index contributed by atoms with van der Waals surface area (Å²) in [6, 6.07) is 6.03. The summed E-state index contributed by atoms with van der Waals surface area (Å²) in [6.45, 7) is 1.34. The number of amides is 1. The van der Waals surface area contributed by atoms with Gasteiger partial charge in [-0.3, -0.25) is 9.69 Å². The fraction of sp³-hybridized carbons (Fsp3) is 0.588. The van der Waals surface area contributed by atoms with E-state index in [4.69, 9.17) is 0 Å². The van der Waals surface area contributed by atoms with Crippen LogP contribution in [0.3, 0.4) is 0 Å². The normalized spacial score (nSPS) is 22.9. The summed E-state index contributed by atoms with van der Waals surface area (Å²) in [7, 11) is 0. The molecule has 2 heterocycles. The minimum absolute atomic E-state index is 0.332. The number of thioether (sulfide) groups is 1. The molecule has 4 nitrogen and oxygen atoms in total. The summed E-state index contributed by atoms with van der Waals surface area (Å²) < 4.78 is 40.3. The molecule has 2 aliphatic heterocycles. The number of fused-ring (bicyclic) bond motifs is 1. The molecule has 1 aromatic carbocycles. The topological polar surface area (TPSA) is 44.4 Å². The number of carbonyl (C=O) groups excluding carboxylic acids is 1. The molecule has 1 amide bonds. The molecule has 25 heavy (non-hydrogen) atoms. The van der Waals surface area contributed by atoms with E-state index in [0.717, 1.165) is 23.3 Å². The van der Waals surface area contributed by atoms with Gasteiger partial charge >= 0.3 is 6.18 Å². The van der Waals surface area contributed by atoms with Gasteiger partial charge in [0.1, 0.15) is 11.3 Å². The average molecular weight is 373 g/mol. The lowest BCUT2D eigenvalue weighted by Gasteiger charge is -2.36. The zero-order valence-corrected chi connectivity index (χ0v) is 14.6. The Kier molecular flexibility index (Phi) is 5.91. The van der Waals surface area contributed by atoms with Crippen molar-refractivity contribution < 1.29 is 18.0 Å². The summed E-state index contributed by atoms with van der Waals surface area (Å²) in [5, 5.41) is 5.18. The molecule has 1 aromatic rings. The molecule has 8 heteroatoms. The molecule has 2 unspecified atom stereocenters. The van der Waals surface area contributed by atoms with E-state index in [9.17, 15) is 18.0 Å². The third kappa shape index (κ3) is 4.48. The Labute approximate surface area is 149 Å². The number of alkyl halides is 3. The summed E-state index contributed by atoms with van der Waals surface area (Å²) in [5.41, 5.74) is 2.03. The van der Waals surface area contributed by atoms with Crippen LogP contribution >= 0.6 is 11.8 Å². The number of rotatable bonds is 4. The summed E-state index contributed by atoms with van der Waals surface area (Å²) in [5.74, 6) is 0.469. The smallest absolute Gasteiger partial charge is 0.353 e. The van der Waals surface area contributed by atoms with Crippen molar-refractivity contribution in [3.05, 3.63) is 35.4 Å². The fourth-order valence-corrected chi connectivity index (χ4v) is 4.56. The van der Waals surface area contributed by atoms with Gasteiger partial charge in [-0.2, -0.15) is 13.2 Å². The molecule has 0 spiro atoms. The van der Waals surface area contributed by atoms with Crippen molar-refractivity contribution in [1.29, 1.82) is 0 Å². The number of nitrogens with zero attached hydrogens (tertiary/aromatic N) is 1. The molecule has 0 saturated carbocycles. The molecule has 138 valence electrons. The van der Waals surface area contributed by atoms with Crippen molar-refractivity contribution in [2.24, 2.45) is 0 Å². The van der Waals surface area contributed by atoms with Gasteiger partial charge in [0.05, 0.1) is 0 Å². The Bertz CT molecular complexity index is 605. The second-order valence-electron chi connectivity index (χ2n) is 6.29. The molecular formula is C17H22F3N3OS. The summed E-state index contributed by atoms with van der Waals surface area (Å²) in [6.07, 6.45) is -3.47. The van der Waals surface area contributed by atoms with Crippen molar-refractivity contribution >= 4 is 17.7 Å². The maximum atomic E-state index is 13.4. The highest BCUT2D eigenvalue weighted by Gasteiger charge is 2.44. The van der Waals surface area contributed by atoms with Crippen molar-refractivity contribution in [3.63, 3.8) is 0 Å². The number of halogens is 3. The van der Waals surface area contributed by atoms with Gasteiger partial charge in [-0.25, -0.2) is 0 Å². The number of nitrogens with one attached hydrogen (secondary N) is 2. The standard InChI is InChI=1S/C17H22F3N3OS/c18-17(19,20)14(23-8-6-21-7-9-23)11-22-16(24)15-13-4-2-1-3-12(13)5-10-25-15/h1-4,14-15,21H,5-11H2,(H,22,24). The molecule has 2 aliphatic rings. The lowest BCUT2D eigenvalue weighted by Crippen LogP contribution is -2.57. The molecule has 0 bridgehead atoms. The van der Waals surface area contributed by atoms with Crippen LogP contribution < -0.4 is 10.6 Å². The minimum Gasteiger partial charge on any atom is -0.353 e. The highest BCUT2D eigenvalue weighted by atomic mass is 32.2. The third-order valence-electron chi connectivity index (χ3n) is 4.67. The van der Waals surface area contributed by atoms with Crippen molar-refractivity contribution in [2.75, 3.05) is 38.5 Å². The molecule has 1 saturated heterocycles. The van der Waals surface area contributed by atoms with Crippen molar-refractivity contribution in [2.45, 2.75) is 23.9 Å². The molecule has 1 fully saturated rings. The summed E-state index contributed by atoms with van der Waals surface area (Å²) >= 11 is 1.49. The van der Waals surface area contributed by atoms with Crippen LogP contribution in [-0.2, 0) is 11.2 Å². The van der Waals surface area contributed by atoms with Crippen LogP contribution in [0.2, 0.25) is 0 Å². The van der Waals surface area contributed by atoms with E-state index in [1.807, 2.05) is 24.3 Å². The number of hydrogen-bond acceptors (Lipinski definition) is 4. The first-order chi connectivity index (χ1) is 12.0. The molecule has 2 N–H and O–H groups in total. The van der Waals surface area contributed by atoms with E-state index < -0.39 is 24.0 Å². The second kappa shape index (κ2) is 7.97. The molecule has 0 aliphatic carbocycles. The van der Waals surface area contributed by atoms with Crippen LogP contribution in [0.4, 0.5) is 13.2 Å².